The van der Waals surface area contributed by atoms with Gasteiger partial charge in [0.25, 0.3) is 0 Å². The van der Waals surface area contributed by atoms with E-state index < -0.39 is 0 Å². The Morgan fingerprint density at radius 2 is 1.96 bits per heavy atom. The van der Waals surface area contributed by atoms with Crippen LogP contribution >= 0.6 is 24.8 Å². The lowest BCUT2D eigenvalue weighted by Gasteiger charge is -2.32. The zero-order valence-corrected chi connectivity index (χ0v) is 16.8. The van der Waals surface area contributed by atoms with E-state index in [1.54, 1.807) is 0 Å². The molecule has 0 spiro atoms. The third-order valence-corrected chi connectivity index (χ3v) is 4.92. The van der Waals surface area contributed by atoms with Crippen molar-refractivity contribution < 1.29 is 9.53 Å². The molecule has 148 valence electrons. The minimum atomic E-state index is 0. The Hall–Kier alpha value is -0.850. The van der Waals surface area contributed by atoms with Crippen molar-refractivity contribution in [2.45, 2.75) is 25.3 Å². The van der Waals surface area contributed by atoms with Gasteiger partial charge in [0.1, 0.15) is 0 Å². The SMILES string of the molecule is Cl.Cl.O=C(NC(Cc1ccccc1)CN1CCOCC1)C1CCCNC1. The predicted octanol–water partition coefficient (Wildman–Crippen LogP) is 1.89. The molecule has 2 saturated heterocycles. The Morgan fingerprint density at radius 3 is 2.62 bits per heavy atom. The standard InChI is InChI=1S/C19H29N3O2.2ClH/c23-19(17-7-4-8-20-14-17)21-18(13-16-5-2-1-3-6-16)15-22-9-11-24-12-10-22;;/h1-3,5-6,17-18,20H,4,7-15H2,(H,21,23);2*1H. The van der Waals surface area contributed by atoms with E-state index >= 15 is 0 Å². The third kappa shape index (κ3) is 7.41. The van der Waals surface area contributed by atoms with Crippen LogP contribution in [0.5, 0.6) is 0 Å². The summed E-state index contributed by atoms with van der Waals surface area (Å²) >= 11 is 0. The molecule has 2 unspecified atom stereocenters. The van der Waals surface area contributed by atoms with Crippen molar-refractivity contribution >= 4 is 30.7 Å². The van der Waals surface area contributed by atoms with E-state index in [0.717, 1.165) is 65.2 Å². The van der Waals surface area contributed by atoms with Crippen molar-refractivity contribution in [3.05, 3.63) is 35.9 Å². The fourth-order valence-electron chi connectivity index (χ4n) is 3.55. The van der Waals surface area contributed by atoms with E-state index in [1.165, 1.54) is 5.56 Å². The van der Waals surface area contributed by atoms with E-state index in [1.807, 2.05) is 6.07 Å². The number of ether oxygens (including phenoxy) is 1. The summed E-state index contributed by atoms with van der Waals surface area (Å²) in [5.74, 6) is 0.318. The number of benzene rings is 1. The highest BCUT2D eigenvalue weighted by atomic mass is 35.5. The summed E-state index contributed by atoms with van der Waals surface area (Å²) in [4.78, 5) is 15.0. The van der Waals surface area contributed by atoms with E-state index in [2.05, 4.69) is 39.8 Å². The summed E-state index contributed by atoms with van der Waals surface area (Å²) in [5, 5.41) is 6.65. The van der Waals surface area contributed by atoms with Gasteiger partial charge in [-0.2, -0.15) is 0 Å². The second-order valence-corrected chi connectivity index (χ2v) is 6.85. The number of halogens is 2. The maximum absolute atomic E-state index is 12.6. The average molecular weight is 404 g/mol. The summed E-state index contributed by atoms with van der Waals surface area (Å²) in [7, 11) is 0. The summed E-state index contributed by atoms with van der Waals surface area (Å²) in [6.45, 7) is 6.21. The largest absolute Gasteiger partial charge is 0.379 e. The van der Waals surface area contributed by atoms with Crippen LogP contribution in [0.15, 0.2) is 30.3 Å². The lowest BCUT2D eigenvalue weighted by Crippen LogP contribution is -2.51. The molecule has 5 nitrogen and oxygen atoms in total. The maximum Gasteiger partial charge on any atom is 0.224 e. The number of carbonyl (C=O) groups excluding carboxylic acids is 1. The molecule has 0 radical (unpaired) electrons. The second-order valence-electron chi connectivity index (χ2n) is 6.85. The van der Waals surface area contributed by atoms with Crippen molar-refractivity contribution in [2.75, 3.05) is 45.9 Å². The minimum absolute atomic E-state index is 0. The molecule has 2 heterocycles. The summed E-state index contributed by atoms with van der Waals surface area (Å²) in [5.41, 5.74) is 1.28. The number of nitrogens with one attached hydrogen (secondary N) is 2. The van der Waals surface area contributed by atoms with Gasteiger partial charge in [0.2, 0.25) is 5.91 Å². The molecule has 0 aliphatic carbocycles. The maximum atomic E-state index is 12.6. The number of hydrogen-bond acceptors (Lipinski definition) is 4. The number of nitrogens with zero attached hydrogens (tertiary/aromatic N) is 1. The van der Waals surface area contributed by atoms with Crippen LogP contribution in [0, 0.1) is 5.92 Å². The molecule has 3 rings (SSSR count). The van der Waals surface area contributed by atoms with Gasteiger partial charge in [0.05, 0.1) is 19.1 Å². The molecular weight excluding hydrogens is 373 g/mol. The number of amides is 1. The molecule has 2 aliphatic rings. The fourth-order valence-corrected chi connectivity index (χ4v) is 3.55. The molecule has 26 heavy (non-hydrogen) atoms. The van der Waals surface area contributed by atoms with E-state index in [-0.39, 0.29) is 42.7 Å². The Morgan fingerprint density at radius 1 is 1.23 bits per heavy atom. The zero-order valence-electron chi connectivity index (χ0n) is 15.2. The van der Waals surface area contributed by atoms with Gasteiger partial charge in [-0.25, -0.2) is 0 Å². The van der Waals surface area contributed by atoms with Gasteiger partial charge in [-0.05, 0) is 31.4 Å². The first kappa shape index (κ1) is 23.2. The van der Waals surface area contributed by atoms with Gasteiger partial charge >= 0.3 is 0 Å². The number of carbonyl (C=O) groups is 1. The van der Waals surface area contributed by atoms with Gasteiger partial charge < -0.3 is 15.4 Å². The monoisotopic (exact) mass is 403 g/mol. The highest BCUT2D eigenvalue weighted by Gasteiger charge is 2.25. The van der Waals surface area contributed by atoms with Crippen LogP contribution < -0.4 is 10.6 Å². The van der Waals surface area contributed by atoms with Gasteiger partial charge in [0.15, 0.2) is 0 Å². The second kappa shape index (κ2) is 12.5. The Bertz CT molecular complexity index is 507. The van der Waals surface area contributed by atoms with Crippen LogP contribution in [-0.2, 0) is 16.0 Å². The van der Waals surface area contributed by atoms with Gasteiger partial charge in [0, 0.05) is 32.2 Å². The van der Waals surface area contributed by atoms with E-state index in [9.17, 15) is 4.79 Å². The number of hydrogen-bond donors (Lipinski definition) is 2. The summed E-state index contributed by atoms with van der Waals surface area (Å²) in [6, 6.07) is 10.6. The first-order chi connectivity index (χ1) is 11.8. The molecule has 0 bridgehead atoms. The minimum Gasteiger partial charge on any atom is -0.379 e. The lowest BCUT2D eigenvalue weighted by atomic mass is 9.97. The highest BCUT2D eigenvalue weighted by Crippen LogP contribution is 2.12. The molecule has 1 aromatic carbocycles. The van der Waals surface area contributed by atoms with Crippen molar-refractivity contribution in [3.8, 4) is 0 Å². The zero-order chi connectivity index (χ0) is 16.6. The topological polar surface area (TPSA) is 53.6 Å². The summed E-state index contributed by atoms with van der Waals surface area (Å²) in [6.07, 6.45) is 2.96. The third-order valence-electron chi connectivity index (χ3n) is 4.92. The van der Waals surface area contributed by atoms with Gasteiger partial charge in [-0.1, -0.05) is 30.3 Å². The molecule has 2 fully saturated rings. The average Bonchev–Trinajstić information content (AvgIpc) is 2.64. The van der Waals surface area contributed by atoms with Crippen molar-refractivity contribution in [2.24, 2.45) is 5.92 Å². The number of morpholine rings is 1. The van der Waals surface area contributed by atoms with Crippen LogP contribution in [0.3, 0.4) is 0 Å². The Kier molecular flexibility index (Phi) is 11.2. The number of rotatable bonds is 6. The van der Waals surface area contributed by atoms with Crippen molar-refractivity contribution in [1.29, 1.82) is 0 Å². The molecule has 0 saturated carbocycles. The summed E-state index contributed by atoms with van der Waals surface area (Å²) < 4.78 is 5.44. The van der Waals surface area contributed by atoms with Gasteiger partial charge in [-0.15, -0.1) is 24.8 Å². The predicted molar refractivity (Wildman–Crippen MR) is 109 cm³/mol. The molecular formula is C19H31Cl2N3O2. The molecule has 2 atom stereocenters. The van der Waals surface area contributed by atoms with E-state index in [0.29, 0.717) is 0 Å². The van der Waals surface area contributed by atoms with Crippen LogP contribution in [0.25, 0.3) is 0 Å². The lowest BCUT2D eigenvalue weighted by molar-refractivity contribution is -0.126. The van der Waals surface area contributed by atoms with Crippen molar-refractivity contribution in [3.63, 3.8) is 0 Å². The highest BCUT2D eigenvalue weighted by molar-refractivity contribution is 5.85. The quantitative estimate of drug-likeness (QED) is 0.761. The normalized spacial score (nSPS) is 21.8. The number of piperidine rings is 1. The van der Waals surface area contributed by atoms with E-state index in [4.69, 9.17) is 4.74 Å². The first-order valence-electron chi connectivity index (χ1n) is 9.16. The van der Waals surface area contributed by atoms with Crippen molar-refractivity contribution in [1.82, 2.24) is 15.5 Å². The van der Waals surface area contributed by atoms with Crippen LogP contribution in [0.4, 0.5) is 0 Å². The molecule has 7 heteroatoms. The van der Waals surface area contributed by atoms with Crippen LogP contribution in [-0.4, -0.2) is 62.8 Å². The van der Waals surface area contributed by atoms with Crippen LogP contribution in [0.1, 0.15) is 18.4 Å². The Balaban J connectivity index is 0.00000169. The fraction of sp³-hybridized carbons (Fsp3) is 0.632. The molecule has 2 aliphatic heterocycles. The Labute approximate surface area is 169 Å². The molecule has 1 aromatic rings. The smallest absolute Gasteiger partial charge is 0.224 e. The molecule has 2 N–H and O–H groups in total. The molecule has 1 amide bonds. The first-order valence-corrected chi connectivity index (χ1v) is 9.16. The molecule has 0 aromatic heterocycles. The van der Waals surface area contributed by atoms with Crippen LogP contribution in [0.2, 0.25) is 0 Å². The van der Waals surface area contributed by atoms with Gasteiger partial charge in [-0.3, -0.25) is 9.69 Å².